The van der Waals surface area contributed by atoms with E-state index < -0.39 is 17.7 Å². The number of aromatic nitrogens is 1. The van der Waals surface area contributed by atoms with Gasteiger partial charge in [0.15, 0.2) is 11.5 Å². The number of ether oxygens (including phenoxy) is 2. The van der Waals surface area contributed by atoms with Crippen LogP contribution in [0.5, 0.6) is 11.5 Å². The number of pyridine rings is 1. The first kappa shape index (κ1) is 18.1. The number of hydrogen-bond acceptors (Lipinski definition) is 4. The van der Waals surface area contributed by atoms with Crippen LogP contribution < -0.4 is 9.47 Å². The van der Waals surface area contributed by atoms with Crippen molar-refractivity contribution in [3.63, 3.8) is 0 Å². The predicted molar refractivity (Wildman–Crippen MR) is 94.7 cm³/mol. The summed E-state index contributed by atoms with van der Waals surface area (Å²) in [6, 6.07) is 8.99. The van der Waals surface area contributed by atoms with Crippen LogP contribution in [-0.2, 0) is 6.18 Å². The van der Waals surface area contributed by atoms with Gasteiger partial charge in [0.1, 0.15) is 0 Å². The molecule has 0 saturated carbocycles. The number of alkyl halides is 3. The van der Waals surface area contributed by atoms with Crippen molar-refractivity contribution in [1.82, 2.24) is 4.98 Å². The molecule has 0 radical (unpaired) electrons. The molecule has 8 heteroatoms. The van der Waals surface area contributed by atoms with Crippen LogP contribution in [0, 0.1) is 0 Å². The molecule has 0 amide bonds. The summed E-state index contributed by atoms with van der Waals surface area (Å²) in [7, 11) is 0. The van der Waals surface area contributed by atoms with E-state index in [0.29, 0.717) is 42.0 Å². The molecule has 0 fully saturated rings. The van der Waals surface area contributed by atoms with Crippen LogP contribution in [0.15, 0.2) is 42.5 Å². The summed E-state index contributed by atoms with van der Waals surface area (Å²) in [5, 5.41) is 9.94. The molecular weight excluding hydrogens is 375 g/mol. The molecule has 0 atom stereocenters. The first-order chi connectivity index (χ1) is 13.3. The number of hydrogen-bond donors (Lipinski definition) is 1. The molecule has 1 aliphatic heterocycles. The monoisotopic (exact) mass is 389 g/mol. The summed E-state index contributed by atoms with van der Waals surface area (Å²) in [5.74, 6) is -0.369. The SMILES string of the molecule is O=C(O)c1cc(-c2cccc(C(F)(F)F)c2)nc2cc3c(cc12)OCCCO3. The standard InChI is InChI=1S/C20H14F3NO4/c21-20(22,23)12-4-1-3-11(7-12)15-8-14(19(25)26)13-9-17-18(10-16(13)24-15)28-6-2-5-27-17/h1,3-4,7-10H,2,5-6H2,(H,25,26). The number of carboxylic acids is 1. The molecular formula is C20H14F3NO4. The summed E-state index contributed by atoms with van der Waals surface area (Å²) < 4.78 is 50.3. The molecule has 5 nitrogen and oxygen atoms in total. The molecule has 0 unspecified atom stereocenters. The first-order valence-electron chi connectivity index (χ1n) is 8.48. The van der Waals surface area contributed by atoms with Gasteiger partial charge in [-0.25, -0.2) is 9.78 Å². The lowest BCUT2D eigenvalue weighted by Crippen LogP contribution is -2.05. The van der Waals surface area contributed by atoms with Crippen LogP contribution >= 0.6 is 0 Å². The Kier molecular flexibility index (Phi) is 4.33. The van der Waals surface area contributed by atoms with Crippen LogP contribution in [0.4, 0.5) is 13.2 Å². The second-order valence-corrected chi connectivity index (χ2v) is 6.31. The van der Waals surface area contributed by atoms with Crippen molar-refractivity contribution in [2.45, 2.75) is 12.6 Å². The molecule has 0 bridgehead atoms. The summed E-state index contributed by atoms with van der Waals surface area (Å²) in [6.07, 6.45) is -3.83. The molecule has 4 rings (SSSR count). The summed E-state index contributed by atoms with van der Waals surface area (Å²) in [5.41, 5.74) is -0.302. The van der Waals surface area contributed by atoms with Crippen molar-refractivity contribution < 1.29 is 32.5 Å². The van der Waals surface area contributed by atoms with E-state index in [1.165, 1.54) is 18.2 Å². The highest BCUT2D eigenvalue weighted by atomic mass is 19.4. The Bertz CT molecular complexity index is 1080. The van der Waals surface area contributed by atoms with E-state index >= 15 is 0 Å². The van der Waals surface area contributed by atoms with Crippen LogP contribution in [0.3, 0.4) is 0 Å². The third-order valence-electron chi connectivity index (χ3n) is 4.39. The zero-order chi connectivity index (χ0) is 19.9. The number of carboxylic acid groups (broad SMARTS) is 1. The van der Waals surface area contributed by atoms with Gasteiger partial charge in [0.2, 0.25) is 0 Å². The third kappa shape index (κ3) is 3.33. The Balaban J connectivity index is 1.92. The second-order valence-electron chi connectivity index (χ2n) is 6.31. The van der Waals surface area contributed by atoms with Gasteiger partial charge in [-0.15, -0.1) is 0 Å². The molecule has 0 saturated heterocycles. The van der Waals surface area contributed by atoms with E-state index in [1.807, 2.05) is 0 Å². The zero-order valence-electron chi connectivity index (χ0n) is 14.4. The number of fused-ring (bicyclic) bond motifs is 2. The first-order valence-corrected chi connectivity index (χ1v) is 8.48. The summed E-state index contributed by atoms with van der Waals surface area (Å²) >= 11 is 0. The molecule has 1 N–H and O–H groups in total. The maximum Gasteiger partial charge on any atom is 0.416 e. The Morgan fingerprint density at radius 2 is 1.75 bits per heavy atom. The number of carbonyl (C=O) groups is 1. The second kappa shape index (κ2) is 6.70. The average Bonchev–Trinajstić information content (AvgIpc) is 2.89. The van der Waals surface area contributed by atoms with Gasteiger partial charge >= 0.3 is 12.1 Å². The highest BCUT2D eigenvalue weighted by Crippen LogP contribution is 2.37. The number of aromatic carboxylic acids is 1. The van der Waals surface area contributed by atoms with Crippen LogP contribution in [0.25, 0.3) is 22.2 Å². The fraction of sp³-hybridized carbons (Fsp3) is 0.200. The minimum Gasteiger partial charge on any atom is -0.490 e. The molecule has 3 aromatic rings. The fourth-order valence-electron chi connectivity index (χ4n) is 3.06. The van der Waals surface area contributed by atoms with E-state index in [2.05, 4.69) is 4.98 Å². The van der Waals surface area contributed by atoms with Crippen molar-refractivity contribution >= 4 is 16.9 Å². The van der Waals surface area contributed by atoms with Gasteiger partial charge in [-0.2, -0.15) is 13.2 Å². The van der Waals surface area contributed by atoms with Gasteiger partial charge in [0, 0.05) is 23.4 Å². The third-order valence-corrected chi connectivity index (χ3v) is 4.39. The van der Waals surface area contributed by atoms with E-state index in [9.17, 15) is 23.1 Å². The van der Waals surface area contributed by atoms with Gasteiger partial charge in [0.25, 0.3) is 0 Å². The van der Waals surface area contributed by atoms with Gasteiger partial charge in [-0.1, -0.05) is 12.1 Å². The van der Waals surface area contributed by atoms with Crippen molar-refractivity contribution in [3.8, 4) is 22.8 Å². The van der Waals surface area contributed by atoms with Crippen LogP contribution in [-0.4, -0.2) is 29.3 Å². The summed E-state index contributed by atoms with van der Waals surface area (Å²) in [6.45, 7) is 0.883. The molecule has 1 aromatic heterocycles. The number of halogens is 3. The average molecular weight is 389 g/mol. The minimum absolute atomic E-state index is 0.0759. The highest BCUT2D eigenvalue weighted by molar-refractivity contribution is 6.04. The number of benzene rings is 2. The maximum absolute atomic E-state index is 13.0. The molecule has 0 aliphatic carbocycles. The van der Waals surface area contributed by atoms with E-state index in [1.54, 1.807) is 12.1 Å². The zero-order valence-corrected chi connectivity index (χ0v) is 14.4. The molecule has 1 aliphatic rings. The maximum atomic E-state index is 13.0. The molecule has 144 valence electrons. The van der Waals surface area contributed by atoms with Gasteiger partial charge < -0.3 is 14.6 Å². The van der Waals surface area contributed by atoms with Crippen LogP contribution in [0.2, 0.25) is 0 Å². The van der Waals surface area contributed by atoms with Crippen molar-refractivity contribution in [1.29, 1.82) is 0 Å². The van der Waals surface area contributed by atoms with Crippen molar-refractivity contribution in [3.05, 3.63) is 53.6 Å². The Labute approximate surface area is 157 Å². The predicted octanol–water partition coefficient (Wildman–Crippen LogP) is 4.78. The Hall–Kier alpha value is -3.29. The fourth-order valence-corrected chi connectivity index (χ4v) is 3.06. The van der Waals surface area contributed by atoms with Gasteiger partial charge in [-0.05, 0) is 24.3 Å². The Morgan fingerprint density at radius 3 is 2.43 bits per heavy atom. The molecule has 0 spiro atoms. The lowest BCUT2D eigenvalue weighted by Gasteiger charge is -2.13. The summed E-state index contributed by atoms with van der Waals surface area (Å²) in [4.78, 5) is 16.2. The number of nitrogens with zero attached hydrogens (tertiary/aromatic N) is 1. The van der Waals surface area contributed by atoms with E-state index in [0.717, 1.165) is 12.1 Å². The van der Waals surface area contributed by atoms with E-state index in [4.69, 9.17) is 9.47 Å². The van der Waals surface area contributed by atoms with Crippen LogP contribution in [0.1, 0.15) is 22.3 Å². The molecule has 2 heterocycles. The van der Waals surface area contributed by atoms with E-state index in [-0.39, 0.29) is 16.8 Å². The van der Waals surface area contributed by atoms with Gasteiger partial charge in [0.05, 0.1) is 35.6 Å². The lowest BCUT2D eigenvalue weighted by atomic mass is 10.0. The smallest absolute Gasteiger partial charge is 0.416 e. The topological polar surface area (TPSA) is 68.7 Å². The van der Waals surface area contributed by atoms with Gasteiger partial charge in [-0.3, -0.25) is 0 Å². The largest absolute Gasteiger partial charge is 0.490 e. The Morgan fingerprint density at radius 1 is 1.04 bits per heavy atom. The van der Waals surface area contributed by atoms with Crippen molar-refractivity contribution in [2.24, 2.45) is 0 Å². The lowest BCUT2D eigenvalue weighted by molar-refractivity contribution is -0.137. The number of rotatable bonds is 2. The normalized spacial score (nSPS) is 14.0. The minimum atomic E-state index is -4.51. The highest BCUT2D eigenvalue weighted by Gasteiger charge is 2.30. The molecule has 2 aromatic carbocycles. The molecule has 28 heavy (non-hydrogen) atoms. The quantitative estimate of drug-likeness (QED) is 0.683. The van der Waals surface area contributed by atoms with Crippen molar-refractivity contribution in [2.75, 3.05) is 13.2 Å².